The number of carbonyl (C=O) groups excluding carboxylic acids is 1. The summed E-state index contributed by atoms with van der Waals surface area (Å²) >= 11 is 1.51. The number of hydrogen-bond acceptors (Lipinski definition) is 4. The lowest BCUT2D eigenvalue weighted by atomic mass is 10.1. The van der Waals surface area contributed by atoms with Crippen molar-refractivity contribution in [2.75, 3.05) is 13.7 Å². The lowest BCUT2D eigenvalue weighted by Gasteiger charge is -2.16. The first-order valence-electron chi connectivity index (χ1n) is 6.83. The van der Waals surface area contributed by atoms with E-state index in [-0.39, 0.29) is 11.9 Å². The van der Waals surface area contributed by atoms with E-state index in [1.165, 1.54) is 11.3 Å². The monoisotopic (exact) mass is 303 g/mol. The third-order valence-electron chi connectivity index (χ3n) is 3.34. The smallest absolute Gasteiger partial charge is 0.261 e. The van der Waals surface area contributed by atoms with Crippen molar-refractivity contribution >= 4 is 17.2 Å². The maximum absolute atomic E-state index is 12.3. The van der Waals surface area contributed by atoms with E-state index in [1.807, 2.05) is 37.3 Å². The number of amides is 1. The second kappa shape index (κ2) is 5.87. The van der Waals surface area contributed by atoms with Crippen molar-refractivity contribution in [2.45, 2.75) is 19.6 Å². The van der Waals surface area contributed by atoms with Gasteiger partial charge in [-0.1, -0.05) is 12.1 Å². The zero-order chi connectivity index (χ0) is 14.8. The summed E-state index contributed by atoms with van der Waals surface area (Å²) in [7, 11) is 1.63. The van der Waals surface area contributed by atoms with Gasteiger partial charge in [-0.05, 0) is 25.1 Å². The van der Waals surface area contributed by atoms with Crippen LogP contribution in [0.5, 0.6) is 5.75 Å². The van der Waals surface area contributed by atoms with Crippen molar-refractivity contribution in [1.82, 2.24) is 5.32 Å². The fourth-order valence-electron chi connectivity index (χ4n) is 2.40. The summed E-state index contributed by atoms with van der Waals surface area (Å²) in [5.41, 5.74) is 2.14. The number of ether oxygens (including phenoxy) is 2. The van der Waals surface area contributed by atoms with Gasteiger partial charge in [-0.15, -0.1) is 11.3 Å². The molecule has 0 aliphatic carbocycles. The second-order valence-corrected chi connectivity index (χ2v) is 6.13. The van der Waals surface area contributed by atoms with Gasteiger partial charge in [-0.25, -0.2) is 0 Å². The van der Waals surface area contributed by atoms with E-state index in [9.17, 15) is 4.79 Å². The molecule has 3 rings (SSSR count). The SMILES string of the molecule is COCC(C)NC(=O)c1cc2c(s1)-c1ccccc1OC2. The molecule has 0 fully saturated rings. The molecule has 0 saturated carbocycles. The van der Waals surface area contributed by atoms with E-state index >= 15 is 0 Å². The standard InChI is InChI=1S/C16H17NO3S/c1-10(8-19-2)17-16(18)14-7-11-9-20-13-6-4-3-5-12(13)15(11)21-14/h3-7,10H,8-9H2,1-2H3,(H,17,18). The van der Waals surface area contributed by atoms with E-state index in [0.717, 1.165) is 21.8 Å². The molecule has 1 aliphatic rings. The van der Waals surface area contributed by atoms with Crippen LogP contribution < -0.4 is 10.1 Å². The van der Waals surface area contributed by atoms with Crippen LogP contribution in [0.15, 0.2) is 30.3 Å². The number of methoxy groups -OCH3 is 1. The van der Waals surface area contributed by atoms with Gasteiger partial charge in [0.05, 0.1) is 11.5 Å². The molecule has 0 saturated heterocycles. The Morgan fingerprint density at radius 1 is 1.48 bits per heavy atom. The number of carbonyl (C=O) groups is 1. The average Bonchev–Trinajstić information content (AvgIpc) is 2.92. The van der Waals surface area contributed by atoms with Crippen molar-refractivity contribution in [3.05, 3.63) is 40.8 Å². The first-order chi connectivity index (χ1) is 10.2. The molecule has 2 heterocycles. The quantitative estimate of drug-likeness (QED) is 0.944. The maximum atomic E-state index is 12.3. The highest BCUT2D eigenvalue weighted by atomic mass is 32.1. The molecule has 1 atom stereocenters. The molecule has 0 bridgehead atoms. The van der Waals surface area contributed by atoms with E-state index in [0.29, 0.717) is 18.1 Å². The average molecular weight is 303 g/mol. The summed E-state index contributed by atoms with van der Waals surface area (Å²) in [6, 6.07) is 9.84. The summed E-state index contributed by atoms with van der Waals surface area (Å²) in [6.45, 7) is 2.94. The van der Waals surface area contributed by atoms with Gasteiger partial charge >= 0.3 is 0 Å². The van der Waals surface area contributed by atoms with Crippen LogP contribution in [0.2, 0.25) is 0 Å². The van der Waals surface area contributed by atoms with E-state index in [2.05, 4.69) is 5.32 Å². The molecule has 1 aliphatic heterocycles. The van der Waals surface area contributed by atoms with Crippen LogP contribution in [0.3, 0.4) is 0 Å². The summed E-state index contributed by atoms with van der Waals surface area (Å²) in [6.07, 6.45) is 0. The number of nitrogens with one attached hydrogen (secondary N) is 1. The van der Waals surface area contributed by atoms with Gasteiger partial charge in [0.25, 0.3) is 5.91 Å². The molecule has 1 aromatic carbocycles. The molecular weight excluding hydrogens is 286 g/mol. The number of benzene rings is 1. The van der Waals surface area contributed by atoms with E-state index in [1.54, 1.807) is 7.11 Å². The molecular formula is C16H17NO3S. The van der Waals surface area contributed by atoms with Gasteiger partial charge in [0.15, 0.2) is 0 Å². The maximum Gasteiger partial charge on any atom is 0.261 e. The Morgan fingerprint density at radius 3 is 3.10 bits per heavy atom. The van der Waals surface area contributed by atoms with Crippen molar-refractivity contribution in [3.8, 4) is 16.2 Å². The van der Waals surface area contributed by atoms with Gasteiger partial charge in [0.2, 0.25) is 0 Å². The minimum atomic E-state index is -0.0589. The van der Waals surface area contributed by atoms with Crippen LogP contribution in [0.25, 0.3) is 10.4 Å². The summed E-state index contributed by atoms with van der Waals surface area (Å²) < 4.78 is 10.8. The van der Waals surface area contributed by atoms with Gasteiger partial charge < -0.3 is 14.8 Å². The first kappa shape index (κ1) is 14.1. The third-order valence-corrected chi connectivity index (χ3v) is 4.55. The minimum Gasteiger partial charge on any atom is -0.488 e. The van der Waals surface area contributed by atoms with Crippen molar-refractivity contribution in [1.29, 1.82) is 0 Å². The fraction of sp³-hybridized carbons (Fsp3) is 0.312. The molecule has 5 heteroatoms. The third kappa shape index (κ3) is 2.80. The zero-order valence-corrected chi connectivity index (χ0v) is 12.8. The number of para-hydroxylation sites is 1. The van der Waals surface area contributed by atoms with Gasteiger partial charge in [0.1, 0.15) is 12.4 Å². The van der Waals surface area contributed by atoms with Crippen LogP contribution in [-0.2, 0) is 11.3 Å². The first-order valence-corrected chi connectivity index (χ1v) is 7.65. The van der Waals surface area contributed by atoms with Crippen molar-refractivity contribution in [2.24, 2.45) is 0 Å². The Balaban J connectivity index is 1.85. The predicted molar refractivity (Wildman–Crippen MR) is 82.9 cm³/mol. The number of hydrogen-bond donors (Lipinski definition) is 1. The molecule has 1 amide bonds. The summed E-state index contributed by atoms with van der Waals surface area (Å²) in [5, 5.41) is 2.94. The number of thiophene rings is 1. The second-order valence-electron chi connectivity index (χ2n) is 5.08. The van der Waals surface area contributed by atoms with Crippen molar-refractivity contribution in [3.63, 3.8) is 0 Å². The number of rotatable bonds is 4. The summed E-state index contributed by atoms with van der Waals surface area (Å²) in [5.74, 6) is 0.822. The van der Waals surface area contributed by atoms with Gasteiger partial charge in [0, 0.05) is 29.2 Å². The number of fused-ring (bicyclic) bond motifs is 3. The molecule has 1 unspecified atom stereocenters. The normalized spacial score (nSPS) is 13.8. The van der Waals surface area contributed by atoms with Crippen molar-refractivity contribution < 1.29 is 14.3 Å². The lowest BCUT2D eigenvalue weighted by Crippen LogP contribution is -2.35. The highest BCUT2D eigenvalue weighted by Crippen LogP contribution is 2.42. The largest absolute Gasteiger partial charge is 0.488 e. The molecule has 1 aromatic heterocycles. The van der Waals surface area contributed by atoms with Crippen LogP contribution in [0, 0.1) is 0 Å². The molecule has 2 aromatic rings. The minimum absolute atomic E-state index is 0.00911. The molecule has 110 valence electrons. The van der Waals surface area contributed by atoms with Gasteiger partial charge in [-0.2, -0.15) is 0 Å². The zero-order valence-electron chi connectivity index (χ0n) is 12.0. The lowest BCUT2D eigenvalue weighted by molar-refractivity contribution is 0.0909. The molecule has 1 N–H and O–H groups in total. The Hall–Kier alpha value is -1.85. The fourth-order valence-corrected chi connectivity index (χ4v) is 3.50. The highest BCUT2D eigenvalue weighted by molar-refractivity contribution is 7.17. The molecule has 21 heavy (non-hydrogen) atoms. The molecule has 4 nitrogen and oxygen atoms in total. The predicted octanol–water partition coefficient (Wildman–Crippen LogP) is 3.07. The Labute approximate surface area is 127 Å². The molecule has 0 radical (unpaired) electrons. The Kier molecular flexibility index (Phi) is 3.94. The summed E-state index contributed by atoms with van der Waals surface area (Å²) in [4.78, 5) is 14.1. The van der Waals surface area contributed by atoms with Gasteiger partial charge in [-0.3, -0.25) is 4.79 Å². The van der Waals surface area contributed by atoms with Crippen LogP contribution in [0.4, 0.5) is 0 Å². The van der Waals surface area contributed by atoms with Crippen LogP contribution in [-0.4, -0.2) is 25.7 Å². The van der Waals surface area contributed by atoms with Crippen LogP contribution in [0.1, 0.15) is 22.2 Å². The highest BCUT2D eigenvalue weighted by Gasteiger charge is 2.22. The van der Waals surface area contributed by atoms with E-state index in [4.69, 9.17) is 9.47 Å². The Morgan fingerprint density at radius 2 is 2.29 bits per heavy atom. The molecule has 0 spiro atoms. The Bertz CT molecular complexity index is 665. The van der Waals surface area contributed by atoms with Crippen LogP contribution >= 0.6 is 11.3 Å². The topological polar surface area (TPSA) is 47.6 Å². The van der Waals surface area contributed by atoms with E-state index < -0.39 is 0 Å².